The van der Waals surface area contributed by atoms with E-state index in [2.05, 4.69) is 84.0 Å². The van der Waals surface area contributed by atoms with E-state index in [4.69, 9.17) is 0 Å². The van der Waals surface area contributed by atoms with Crippen LogP contribution >= 0.6 is 0 Å². The zero-order chi connectivity index (χ0) is 14.6. The molecule has 104 valence electrons. The molecule has 0 N–H and O–H groups in total. The molecule has 1 aromatic carbocycles. The van der Waals surface area contributed by atoms with Gasteiger partial charge in [-0.05, 0) is 39.8 Å². The van der Waals surface area contributed by atoms with Gasteiger partial charge in [0.2, 0.25) is 0 Å². The minimum atomic E-state index is -0.543. The Morgan fingerprint density at radius 1 is 0.842 bits per heavy atom. The Balaban J connectivity index is 0.000000399. The van der Waals surface area contributed by atoms with Gasteiger partial charge in [-0.1, -0.05) is 12.1 Å². The van der Waals surface area contributed by atoms with Crippen molar-refractivity contribution in [2.45, 2.75) is 54.6 Å². The van der Waals surface area contributed by atoms with Crippen molar-refractivity contribution >= 4 is 38.7 Å². The van der Waals surface area contributed by atoms with E-state index in [1.165, 1.54) is 11.4 Å². The summed E-state index contributed by atoms with van der Waals surface area (Å²) >= 11 is -0.543. The Labute approximate surface area is 127 Å². The van der Waals surface area contributed by atoms with Gasteiger partial charge in [0, 0.05) is 23.5 Å². The Kier molecular flexibility index (Phi) is 6.57. The quantitative estimate of drug-likeness (QED) is 0.731. The van der Waals surface area contributed by atoms with E-state index in [-0.39, 0.29) is 0 Å². The van der Waals surface area contributed by atoms with Gasteiger partial charge in [0.1, 0.15) is 0 Å². The Hall–Kier alpha value is -0.316. The van der Waals surface area contributed by atoms with Crippen LogP contribution in [0.3, 0.4) is 0 Å². The van der Waals surface area contributed by atoms with Crippen LogP contribution < -0.4 is 9.62 Å². The first-order valence-electron chi connectivity index (χ1n) is 7.12. The summed E-state index contributed by atoms with van der Waals surface area (Å²) in [5.74, 6) is 0. The van der Waals surface area contributed by atoms with Gasteiger partial charge in [-0.3, -0.25) is 0 Å². The molecule has 0 aromatic heterocycles. The van der Waals surface area contributed by atoms with Crippen LogP contribution in [-0.4, -0.2) is 39.4 Å². The van der Waals surface area contributed by atoms with Crippen molar-refractivity contribution in [3.8, 4) is 0 Å². The number of hydrogen-bond acceptors (Lipinski definition) is 2. The molecule has 1 aliphatic heterocycles. The van der Waals surface area contributed by atoms with E-state index in [9.17, 15) is 0 Å². The maximum atomic E-state index is 2.36. The van der Waals surface area contributed by atoms with Crippen molar-refractivity contribution in [3.05, 3.63) is 24.3 Å². The van der Waals surface area contributed by atoms with E-state index in [0.29, 0.717) is 12.1 Å². The van der Waals surface area contributed by atoms with Crippen LogP contribution in [0, 0.1) is 0 Å². The van der Waals surface area contributed by atoms with E-state index in [1.54, 1.807) is 0 Å². The van der Waals surface area contributed by atoms with Gasteiger partial charge in [-0.15, -0.1) is 0 Å². The number of benzene rings is 1. The van der Waals surface area contributed by atoms with Gasteiger partial charge in [0.05, 0.1) is 0 Å². The van der Waals surface area contributed by atoms with Gasteiger partial charge in [0.25, 0.3) is 0 Å². The van der Waals surface area contributed by atoms with Crippen LogP contribution in [0.2, 0.25) is 14.8 Å². The molecule has 0 unspecified atom stereocenters. The minimum absolute atomic E-state index is 0.509. The van der Waals surface area contributed by atoms with E-state index >= 15 is 0 Å². The fraction of sp³-hybridized carbons (Fsp3) is 0.600. The average molecular weight is 365 g/mol. The normalized spacial score (nSPS) is 13.6. The number of hydrogen-bond donors (Lipinski definition) is 0. The van der Waals surface area contributed by atoms with Crippen LogP contribution in [0.15, 0.2) is 24.3 Å². The molecule has 4 heteroatoms. The molecule has 2 nitrogen and oxygen atoms in total. The molecule has 1 aromatic rings. The first-order chi connectivity index (χ1) is 8.84. The summed E-state index contributed by atoms with van der Waals surface area (Å²) in [6.45, 7) is 8.88. The summed E-state index contributed by atoms with van der Waals surface area (Å²) in [7, 11) is 2.22. The van der Waals surface area contributed by atoms with Gasteiger partial charge < -0.3 is 9.62 Å². The molecule has 0 fully saturated rings. The van der Waals surface area contributed by atoms with E-state index in [1.807, 2.05) is 0 Å². The zero-order valence-electron chi connectivity index (χ0n) is 13.4. The summed E-state index contributed by atoms with van der Waals surface area (Å²) in [4.78, 5) is 11.7. The second-order valence-corrected chi connectivity index (χ2v) is 14.7. The van der Waals surface area contributed by atoms with Crippen molar-refractivity contribution in [2.24, 2.45) is 0 Å². The molecule has 0 amide bonds. The van der Waals surface area contributed by atoms with Gasteiger partial charge >= 0.3 is 42.1 Å². The van der Waals surface area contributed by atoms with Crippen LogP contribution in [0.4, 0.5) is 11.4 Å². The third-order valence-electron chi connectivity index (χ3n) is 2.80. The van der Waals surface area contributed by atoms with Crippen LogP contribution in [0.1, 0.15) is 27.7 Å². The SMILES string of the molecule is CC(C)N1[B]N(C(C)C)c2ccccc21.[CH3][Sn]([CH3])[CH3]. The number of nitrogens with zero attached hydrogens (tertiary/aromatic N) is 2. The molecule has 1 heterocycles. The number of rotatable bonds is 2. The van der Waals surface area contributed by atoms with Crippen molar-refractivity contribution in [1.29, 1.82) is 0 Å². The molecule has 0 saturated heterocycles. The van der Waals surface area contributed by atoms with Crippen molar-refractivity contribution in [2.75, 3.05) is 9.62 Å². The second-order valence-electron chi connectivity index (χ2n) is 6.11. The topological polar surface area (TPSA) is 6.48 Å². The first-order valence-corrected chi connectivity index (χ1v) is 15.7. The average Bonchev–Trinajstić information content (AvgIpc) is 2.67. The van der Waals surface area contributed by atoms with Gasteiger partial charge in [-0.25, -0.2) is 0 Å². The van der Waals surface area contributed by atoms with Crippen molar-refractivity contribution < 1.29 is 0 Å². The maximum absolute atomic E-state index is 2.36. The van der Waals surface area contributed by atoms with Crippen LogP contribution in [0.25, 0.3) is 0 Å². The standard InChI is InChI=1S/C12H18BN2.3CH3.Sn/c1-9(2)14-11-7-5-6-8-12(11)15(13-14)10(3)4;;;;/h5-10H,1-4H3;3*1H3;. The van der Waals surface area contributed by atoms with Crippen LogP contribution in [0.5, 0.6) is 0 Å². The van der Waals surface area contributed by atoms with Gasteiger partial charge in [-0.2, -0.15) is 0 Å². The molecule has 0 atom stereocenters. The molecule has 2 radical (unpaired) electrons. The summed E-state index contributed by atoms with van der Waals surface area (Å²) in [5.41, 5.74) is 2.64. The van der Waals surface area contributed by atoms with E-state index in [0.717, 1.165) is 0 Å². The Bertz CT molecular complexity index is 358. The van der Waals surface area contributed by atoms with Crippen molar-refractivity contribution in [1.82, 2.24) is 0 Å². The molecule has 19 heavy (non-hydrogen) atoms. The molecule has 0 bridgehead atoms. The number of fused-ring (bicyclic) bond motifs is 1. The summed E-state index contributed by atoms with van der Waals surface area (Å²) < 4.78 is 0. The second kappa shape index (κ2) is 7.46. The van der Waals surface area contributed by atoms with Crippen LogP contribution in [-0.2, 0) is 0 Å². The van der Waals surface area contributed by atoms with Gasteiger partial charge in [0.15, 0.2) is 0 Å². The molecular formula is C15H27BN2Sn. The summed E-state index contributed by atoms with van der Waals surface area (Å²) in [5, 5.41) is 0. The third-order valence-corrected chi connectivity index (χ3v) is 2.80. The number of anilines is 2. The molecule has 2 rings (SSSR count). The number of para-hydroxylation sites is 2. The van der Waals surface area contributed by atoms with E-state index < -0.39 is 19.8 Å². The fourth-order valence-electron chi connectivity index (χ4n) is 1.98. The molecular weight excluding hydrogens is 338 g/mol. The molecule has 1 aliphatic rings. The summed E-state index contributed by atoms with van der Waals surface area (Å²) in [6.07, 6.45) is 0. The zero-order valence-corrected chi connectivity index (χ0v) is 16.3. The predicted octanol–water partition coefficient (Wildman–Crippen LogP) is 4.03. The molecule has 0 aliphatic carbocycles. The summed E-state index contributed by atoms with van der Waals surface area (Å²) in [6, 6.07) is 9.60. The third kappa shape index (κ3) is 4.62. The Morgan fingerprint density at radius 3 is 1.42 bits per heavy atom. The first kappa shape index (κ1) is 16.7. The Morgan fingerprint density at radius 2 is 1.16 bits per heavy atom. The van der Waals surface area contributed by atoms with Crippen molar-refractivity contribution in [3.63, 3.8) is 0 Å². The molecule has 0 saturated carbocycles. The predicted molar refractivity (Wildman–Crippen MR) is 90.8 cm³/mol. The molecule has 0 spiro atoms. The monoisotopic (exact) mass is 366 g/mol. The fourth-order valence-corrected chi connectivity index (χ4v) is 1.98.